The van der Waals surface area contributed by atoms with Gasteiger partial charge in [-0.3, -0.25) is 9.69 Å². The van der Waals surface area contributed by atoms with E-state index in [2.05, 4.69) is 30.1 Å². The zero-order chi connectivity index (χ0) is 37.8. The number of aromatic nitrogens is 3. The van der Waals surface area contributed by atoms with Crippen molar-refractivity contribution in [1.82, 2.24) is 15.0 Å². The van der Waals surface area contributed by atoms with E-state index in [1.165, 1.54) is 33.5 Å². The number of hydrogen-bond acceptors (Lipinski definition) is 14. The smallest absolute Gasteiger partial charge is 0.790 e. The Balaban J connectivity index is 0.00000468. The van der Waals surface area contributed by atoms with Crippen molar-refractivity contribution in [3.05, 3.63) is 36.2 Å². The van der Waals surface area contributed by atoms with E-state index < -0.39 is 85.7 Å². The van der Waals surface area contributed by atoms with Crippen LogP contribution in [0.3, 0.4) is 0 Å². The summed E-state index contributed by atoms with van der Waals surface area (Å²) < 4.78 is 131. The molecule has 0 saturated heterocycles. The Bertz CT molecular complexity index is 1850. The van der Waals surface area contributed by atoms with Crippen LogP contribution in [0.2, 0.25) is 0 Å². The number of benzene rings is 1. The summed E-state index contributed by atoms with van der Waals surface area (Å²) >= 11 is 0. The Kier molecular flexibility index (Phi) is 8.00. The number of anilines is 5. The second-order valence-corrected chi connectivity index (χ2v) is 8.55. The second kappa shape index (κ2) is 14.5. The van der Waals surface area contributed by atoms with E-state index in [1.807, 2.05) is 0 Å². The van der Waals surface area contributed by atoms with Gasteiger partial charge < -0.3 is 48.5 Å². The van der Waals surface area contributed by atoms with E-state index in [4.69, 9.17) is 32.7 Å². The maximum Gasteiger partial charge on any atom is 1.00 e. The molecule has 0 radical (unpaired) electrons. The first-order valence-corrected chi connectivity index (χ1v) is 12.0. The fourth-order valence-corrected chi connectivity index (χ4v) is 3.36. The summed E-state index contributed by atoms with van der Waals surface area (Å²) in [5.41, 5.74) is -3.79. The van der Waals surface area contributed by atoms with Crippen LogP contribution >= 0.6 is 7.82 Å². The number of pyridine rings is 1. The fraction of sp³-hybridized carbons (Fsp3) is 0.304. The molecule has 2 aromatic heterocycles. The molecule has 0 aliphatic carbocycles. The van der Waals surface area contributed by atoms with Crippen molar-refractivity contribution in [2.24, 2.45) is 0 Å². The monoisotopic (exact) mass is 634 g/mol. The van der Waals surface area contributed by atoms with Gasteiger partial charge in [-0.2, -0.15) is 4.98 Å². The molecule has 3 aromatic rings. The number of phosphoric ester groups is 1. The molecule has 19 heteroatoms. The first kappa shape index (κ1) is 23.2. The molecule has 1 aliphatic heterocycles. The van der Waals surface area contributed by atoms with Crippen molar-refractivity contribution in [1.29, 1.82) is 0 Å². The van der Waals surface area contributed by atoms with Crippen LogP contribution in [-0.4, -0.2) is 54.5 Å². The summed E-state index contributed by atoms with van der Waals surface area (Å²) in [7, 11) is -2.30. The zero-order valence-electron chi connectivity index (χ0n) is 32.5. The number of nitrogens with zero attached hydrogens (tertiary/aromatic N) is 4. The van der Waals surface area contributed by atoms with Crippen LogP contribution < -0.4 is 103 Å². The van der Waals surface area contributed by atoms with Crippen LogP contribution in [0.25, 0.3) is 0 Å². The number of ether oxygens (including phenoxy) is 4. The molecule has 0 unspecified atom stereocenters. The predicted molar refractivity (Wildman–Crippen MR) is 135 cm³/mol. The van der Waals surface area contributed by atoms with Gasteiger partial charge in [0.05, 0.1) is 40.8 Å². The average molecular weight is 634 g/mol. The largest absolute Gasteiger partial charge is 1.00 e. The van der Waals surface area contributed by atoms with Gasteiger partial charge in [0, 0.05) is 26.0 Å². The molecule has 1 aliphatic rings. The number of carbonyl (C=O) groups is 1. The topological polar surface area (TPSA) is 192 Å². The molecular weight excluding hydrogens is 600 g/mol. The zero-order valence-corrected chi connectivity index (χ0v) is 27.4. The molecule has 4 rings (SSSR count). The molecule has 0 spiro atoms. The fourth-order valence-electron chi connectivity index (χ4n) is 3.17. The Morgan fingerprint density at radius 1 is 1.14 bits per heavy atom. The maximum atomic E-state index is 15.0. The van der Waals surface area contributed by atoms with Crippen LogP contribution in [0, 0.1) is 5.82 Å². The van der Waals surface area contributed by atoms with Crippen molar-refractivity contribution >= 4 is 42.8 Å². The molecule has 0 fully saturated rings. The van der Waals surface area contributed by atoms with Gasteiger partial charge in [-0.25, -0.2) is 14.4 Å². The summed E-state index contributed by atoms with van der Waals surface area (Å²) in [6.07, 6.45) is 0.658. The maximum absolute atomic E-state index is 15.0. The molecule has 0 bridgehead atoms. The van der Waals surface area contributed by atoms with E-state index in [0.29, 0.717) is 6.20 Å². The Morgan fingerprint density at radius 2 is 1.81 bits per heavy atom. The number of amides is 1. The molecule has 1 amide bonds. The minimum Gasteiger partial charge on any atom is -0.790 e. The number of methoxy groups -OCH3 is 3. The van der Waals surface area contributed by atoms with Crippen LogP contribution in [0.4, 0.5) is 33.5 Å². The first-order valence-electron chi connectivity index (χ1n) is 15.6. The molecule has 214 valence electrons. The molecule has 0 atom stereocenters. The van der Waals surface area contributed by atoms with E-state index in [-0.39, 0.29) is 88.0 Å². The quantitative estimate of drug-likeness (QED) is 0.161. The minimum atomic E-state index is -6.37. The molecule has 3 heterocycles. The Morgan fingerprint density at radius 3 is 2.38 bits per heavy atom. The van der Waals surface area contributed by atoms with Gasteiger partial charge in [0.2, 0.25) is 11.7 Å². The summed E-state index contributed by atoms with van der Waals surface area (Å²) in [4.78, 5) is 47.5. The summed E-state index contributed by atoms with van der Waals surface area (Å²) in [5.74, 6) is -7.48. The van der Waals surface area contributed by atoms with Crippen LogP contribution in [0.1, 0.15) is 27.4 Å². The molecule has 0 saturated carbocycles. The van der Waals surface area contributed by atoms with Crippen molar-refractivity contribution in [3.8, 4) is 23.0 Å². The van der Waals surface area contributed by atoms with Crippen molar-refractivity contribution < 1.29 is 120 Å². The van der Waals surface area contributed by atoms with E-state index in [1.54, 1.807) is 0 Å². The van der Waals surface area contributed by atoms with Crippen LogP contribution in [-0.2, 0) is 13.9 Å². The Labute approximate surface area is 298 Å². The van der Waals surface area contributed by atoms with Crippen molar-refractivity contribution in [2.45, 2.75) is 19.3 Å². The van der Waals surface area contributed by atoms with Crippen LogP contribution in [0.5, 0.6) is 23.0 Å². The van der Waals surface area contributed by atoms with Crippen molar-refractivity contribution in [2.75, 3.05) is 43.5 Å². The Hall–Kier alpha value is -2.24. The number of fused-ring (bicyclic) bond motifs is 1. The number of carbonyl (C=O) groups excluding carboxylic acids is 1. The van der Waals surface area contributed by atoms with Gasteiger partial charge in [-0.15, -0.1) is 0 Å². The van der Waals surface area contributed by atoms with Gasteiger partial charge in [0.1, 0.15) is 12.5 Å². The van der Waals surface area contributed by atoms with Gasteiger partial charge in [-0.1, -0.05) is 0 Å². The predicted octanol–water partition coefficient (Wildman–Crippen LogP) is -4.16. The summed E-state index contributed by atoms with van der Waals surface area (Å²) in [6, 6.07) is 0.577. The van der Waals surface area contributed by atoms with E-state index >= 15 is 0 Å². The first-order chi connectivity index (χ1) is 22.9. The number of nitrogens with one attached hydrogen (secondary N) is 2. The SMILES string of the molecule is [2H]c1c(Nc2nc(Nc3cc(OC)c(OC)c(OC)c3)ncc2F)nc2c(c1[2H])OC(C([2H])([2H])[2H])(C([2H])([2H])[2H])C(=O)N2C([2H])([2H])OP(=O)([O-])[O-].[Na+].[Na+]. The number of halogens is 1. The molecule has 42 heavy (non-hydrogen) atoms. The minimum absolute atomic E-state index is 0. The summed E-state index contributed by atoms with van der Waals surface area (Å²) in [6.45, 7) is -12.2. The molecule has 15 nitrogen and oxygen atoms in total. The molecular formula is C23H24FN6Na2O9P. The third-order valence-corrected chi connectivity index (χ3v) is 5.14. The average Bonchev–Trinajstić information content (AvgIpc) is 2.97. The van der Waals surface area contributed by atoms with Gasteiger partial charge in [-0.05, 0) is 25.8 Å². The third kappa shape index (κ3) is 8.23. The van der Waals surface area contributed by atoms with Gasteiger partial charge >= 0.3 is 59.1 Å². The summed E-state index contributed by atoms with van der Waals surface area (Å²) in [5, 5.41) is 4.97. The molecule has 1 aromatic carbocycles. The van der Waals surface area contributed by atoms with E-state index in [0.717, 1.165) is 0 Å². The van der Waals surface area contributed by atoms with Gasteiger partial charge in [0.15, 0.2) is 40.3 Å². The third-order valence-electron chi connectivity index (χ3n) is 4.83. The standard InChI is InChI=1S/C23H26FN6O9P.2Na/c1-23(2)21(31)30(11-38-40(32,33)34)20-14(39-23)6-7-17(28-20)27-19-13(24)10-25-22(29-19)26-12-8-15(35-3)18(37-5)16(9-12)36-4;;/h6-10H,11H2,1-5H3,(H2,32,33,34)(H2,25,26,27,28,29);;/q;2*+1/p-2/i1D3,2D3,6D,7D,11D2;;. The van der Waals surface area contributed by atoms with Crippen molar-refractivity contribution in [3.63, 3.8) is 0 Å². The van der Waals surface area contributed by atoms with Crippen LogP contribution in [0.15, 0.2) is 30.4 Å². The number of rotatable bonds is 10. The van der Waals surface area contributed by atoms with E-state index in [9.17, 15) is 23.5 Å². The number of hydrogen-bond donors (Lipinski definition) is 2. The molecule has 2 N–H and O–H groups in total. The van der Waals surface area contributed by atoms with Gasteiger partial charge in [0.25, 0.3) is 5.91 Å². The number of phosphoric acid groups is 1. The normalized spacial score (nSPS) is 18.0. The second-order valence-electron chi connectivity index (χ2n) is 7.47.